The molecule has 0 radical (unpaired) electrons. The monoisotopic (exact) mass is 352 g/mol. The van der Waals surface area contributed by atoms with Crippen LogP contribution in [0.3, 0.4) is 0 Å². The third-order valence-corrected chi connectivity index (χ3v) is 4.73. The zero-order chi connectivity index (χ0) is 17.3. The van der Waals surface area contributed by atoms with Crippen molar-refractivity contribution in [2.45, 2.75) is 63.6 Å². The number of aliphatic hydroxyl groups is 1. The maximum atomic E-state index is 12.0. The molecule has 1 aromatic rings. The number of carbonyl (C=O) groups is 1. The van der Waals surface area contributed by atoms with Crippen molar-refractivity contribution >= 4 is 17.3 Å². The number of rotatable bonds is 10. The highest BCUT2D eigenvalue weighted by Gasteiger charge is 2.25. The van der Waals surface area contributed by atoms with Gasteiger partial charge in [0.05, 0.1) is 13.2 Å². The van der Waals surface area contributed by atoms with E-state index in [4.69, 9.17) is 0 Å². The molecule has 0 spiro atoms. The summed E-state index contributed by atoms with van der Waals surface area (Å²) in [5, 5.41) is 10.1. The topological polar surface area (TPSA) is 46.5 Å². The van der Waals surface area contributed by atoms with Crippen LogP contribution in [0.2, 0.25) is 0 Å². The highest BCUT2D eigenvalue weighted by atomic mass is 32.1. The smallest absolute Gasteiger partial charge is 0.389 e. The number of thiophene rings is 1. The minimum atomic E-state index is -4.09. The number of esters is 1. The molecule has 3 nitrogen and oxygen atoms in total. The van der Waals surface area contributed by atoms with Crippen LogP contribution in [0.5, 0.6) is 0 Å². The van der Waals surface area contributed by atoms with Gasteiger partial charge < -0.3 is 9.84 Å². The Labute approximate surface area is 138 Å². The molecular weight excluding hydrogens is 329 g/mol. The van der Waals surface area contributed by atoms with Crippen LogP contribution in [0, 0.1) is 0 Å². The van der Waals surface area contributed by atoms with E-state index < -0.39 is 18.7 Å². The van der Waals surface area contributed by atoms with E-state index in [1.165, 1.54) is 18.4 Å². The van der Waals surface area contributed by atoms with Crippen LogP contribution in [0.1, 0.15) is 60.8 Å². The highest BCUT2D eigenvalue weighted by Crippen LogP contribution is 2.29. The molecule has 0 aliphatic carbocycles. The summed E-state index contributed by atoms with van der Waals surface area (Å²) in [5.41, 5.74) is 0. The lowest BCUT2D eigenvalue weighted by molar-refractivity contribution is -0.140. The predicted octanol–water partition coefficient (Wildman–Crippen LogP) is 4.79. The average Bonchev–Trinajstić information content (AvgIpc) is 2.94. The van der Waals surface area contributed by atoms with Gasteiger partial charge in [0.15, 0.2) is 0 Å². The van der Waals surface area contributed by atoms with Crippen LogP contribution in [0.15, 0.2) is 12.1 Å². The Balaban J connectivity index is 2.24. The second-order valence-electron chi connectivity index (χ2n) is 5.46. The molecule has 0 saturated carbocycles. The first kappa shape index (κ1) is 20.0. The number of alkyl halides is 3. The maximum Gasteiger partial charge on any atom is 0.389 e. The minimum absolute atomic E-state index is 0.111. The average molecular weight is 352 g/mol. The summed E-state index contributed by atoms with van der Waals surface area (Å²) in [4.78, 5) is 12.9. The van der Waals surface area contributed by atoms with Crippen LogP contribution in [0.4, 0.5) is 13.2 Å². The van der Waals surface area contributed by atoms with Crippen LogP contribution < -0.4 is 0 Å². The number of aryl methyl sites for hydroxylation is 1. The summed E-state index contributed by atoms with van der Waals surface area (Å²) in [6.07, 6.45) is -2.04. The van der Waals surface area contributed by atoms with Gasteiger partial charge in [-0.15, -0.1) is 11.3 Å². The summed E-state index contributed by atoms with van der Waals surface area (Å²) >= 11 is 1.49. The number of ether oxygens (including phenoxy) is 1. The van der Waals surface area contributed by atoms with Crippen molar-refractivity contribution in [3.8, 4) is 0 Å². The molecule has 0 fully saturated rings. The maximum absolute atomic E-state index is 12.0. The zero-order valence-corrected chi connectivity index (χ0v) is 14.0. The van der Waals surface area contributed by atoms with E-state index in [0.29, 0.717) is 32.1 Å². The van der Waals surface area contributed by atoms with Crippen LogP contribution in [-0.4, -0.2) is 24.4 Å². The van der Waals surface area contributed by atoms with E-state index in [9.17, 15) is 23.1 Å². The molecule has 0 amide bonds. The van der Waals surface area contributed by atoms with Gasteiger partial charge in [0.1, 0.15) is 0 Å². The molecule has 1 rings (SSSR count). The number of hydrogen-bond donors (Lipinski definition) is 1. The summed E-state index contributed by atoms with van der Waals surface area (Å²) in [6.45, 7) is 0. The quantitative estimate of drug-likeness (QED) is 0.486. The second kappa shape index (κ2) is 9.93. The summed E-state index contributed by atoms with van der Waals surface area (Å²) in [7, 11) is 1.36. The molecule has 0 aromatic carbocycles. The Hall–Kier alpha value is -1.08. The van der Waals surface area contributed by atoms with Crippen molar-refractivity contribution in [2.24, 2.45) is 0 Å². The van der Waals surface area contributed by atoms with Gasteiger partial charge in [-0.3, -0.25) is 4.79 Å². The zero-order valence-electron chi connectivity index (χ0n) is 13.2. The first-order valence-corrected chi connectivity index (χ1v) is 8.53. The molecule has 0 saturated heterocycles. The molecule has 0 aliphatic heterocycles. The largest absolute Gasteiger partial charge is 0.469 e. The number of aliphatic hydroxyl groups excluding tert-OH is 1. The van der Waals surface area contributed by atoms with Crippen LogP contribution >= 0.6 is 11.3 Å². The number of halogens is 3. The highest BCUT2D eigenvalue weighted by molar-refractivity contribution is 7.12. The van der Waals surface area contributed by atoms with Gasteiger partial charge in [-0.2, -0.15) is 13.2 Å². The lowest BCUT2D eigenvalue weighted by Crippen LogP contribution is -2.06. The molecular formula is C16H23F3O3S. The van der Waals surface area contributed by atoms with E-state index >= 15 is 0 Å². The number of methoxy groups -OCH3 is 1. The van der Waals surface area contributed by atoms with E-state index in [0.717, 1.165) is 16.2 Å². The molecule has 23 heavy (non-hydrogen) atoms. The fourth-order valence-electron chi connectivity index (χ4n) is 2.20. The Bertz CT molecular complexity index is 471. The first-order chi connectivity index (χ1) is 10.8. The molecule has 132 valence electrons. The summed E-state index contributed by atoms with van der Waals surface area (Å²) < 4.78 is 40.6. The van der Waals surface area contributed by atoms with Crippen molar-refractivity contribution in [3.05, 3.63) is 21.9 Å². The lowest BCUT2D eigenvalue weighted by Gasteiger charge is -2.09. The van der Waals surface area contributed by atoms with Gasteiger partial charge in [0, 0.05) is 22.6 Å². The van der Waals surface area contributed by atoms with E-state index in [1.54, 1.807) is 0 Å². The van der Waals surface area contributed by atoms with Crippen LogP contribution in [-0.2, 0) is 16.0 Å². The lowest BCUT2D eigenvalue weighted by atomic mass is 10.1. The normalized spacial score (nSPS) is 13.1. The second-order valence-corrected chi connectivity index (χ2v) is 6.66. The predicted molar refractivity (Wildman–Crippen MR) is 83.4 cm³/mol. The third-order valence-electron chi connectivity index (χ3n) is 3.48. The van der Waals surface area contributed by atoms with Crippen molar-refractivity contribution in [2.75, 3.05) is 7.11 Å². The number of unbranched alkanes of at least 4 members (excludes halogenated alkanes) is 2. The van der Waals surface area contributed by atoms with E-state index in [2.05, 4.69) is 4.74 Å². The minimum Gasteiger partial charge on any atom is -0.469 e. The van der Waals surface area contributed by atoms with Crippen LogP contribution in [0.25, 0.3) is 0 Å². The fraction of sp³-hybridized carbons (Fsp3) is 0.688. The molecule has 7 heteroatoms. The Morgan fingerprint density at radius 1 is 1.26 bits per heavy atom. The van der Waals surface area contributed by atoms with E-state index in [1.807, 2.05) is 12.1 Å². The molecule has 1 heterocycles. The standard InChI is InChI=1S/C16H23F3O3S/c1-22-15(21)8-5-6-12-9-10-14(23-12)13(20)7-3-2-4-11-16(17,18)19/h9-10,13,20H,2-8,11H2,1H3. The molecule has 0 bridgehead atoms. The molecule has 1 atom stereocenters. The van der Waals surface area contributed by atoms with Crippen molar-refractivity contribution in [1.82, 2.24) is 0 Å². The SMILES string of the molecule is COC(=O)CCCc1ccc(C(O)CCCCCC(F)(F)F)s1. The molecule has 1 unspecified atom stereocenters. The van der Waals surface area contributed by atoms with Crippen molar-refractivity contribution in [1.29, 1.82) is 0 Å². The third kappa shape index (κ3) is 8.95. The number of hydrogen-bond acceptors (Lipinski definition) is 4. The van der Waals surface area contributed by atoms with Gasteiger partial charge >= 0.3 is 12.1 Å². The molecule has 0 aliphatic rings. The van der Waals surface area contributed by atoms with Gasteiger partial charge in [-0.05, 0) is 37.8 Å². The van der Waals surface area contributed by atoms with E-state index in [-0.39, 0.29) is 12.4 Å². The van der Waals surface area contributed by atoms with Crippen molar-refractivity contribution < 1.29 is 27.8 Å². The van der Waals surface area contributed by atoms with Gasteiger partial charge in [-0.1, -0.05) is 12.8 Å². The summed E-state index contributed by atoms with van der Waals surface area (Å²) in [6, 6.07) is 3.77. The molecule has 1 N–H and O–H groups in total. The Morgan fingerprint density at radius 2 is 2.00 bits per heavy atom. The molecule has 1 aromatic heterocycles. The Kier molecular flexibility index (Phi) is 8.62. The van der Waals surface area contributed by atoms with Crippen molar-refractivity contribution in [3.63, 3.8) is 0 Å². The first-order valence-electron chi connectivity index (χ1n) is 7.72. The fourth-order valence-corrected chi connectivity index (χ4v) is 3.27. The van der Waals surface area contributed by atoms with Gasteiger partial charge in [0.25, 0.3) is 0 Å². The van der Waals surface area contributed by atoms with Gasteiger partial charge in [-0.25, -0.2) is 0 Å². The van der Waals surface area contributed by atoms with Gasteiger partial charge in [0.2, 0.25) is 0 Å². The Morgan fingerprint density at radius 3 is 2.65 bits per heavy atom. The summed E-state index contributed by atoms with van der Waals surface area (Å²) in [5.74, 6) is -0.235. The number of carbonyl (C=O) groups excluding carboxylic acids is 1.